The molecule has 0 unspecified atom stereocenters. The lowest BCUT2D eigenvalue weighted by molar-refractivity contribution is 0.154. The van der Waals surface area contributed by atoms with E-state index in [1.165, 1.54) is 44.7 Å². The van der Waals surface area contributed by atoms with E-state index in [4.69, 9.17) is 0 Å². The lowest BCUT2D eigenvalue weighted by Crippen LogP contribution is -2.46. The number of nitrogens with one attached hydrogen (secondary N) is 1. The summed E-state index contributed by atoms with van der Waals surface area (Å²) in [5.41, 5.74) is 1.50. The second kappa shape index (κ2) is 8.96. The van der Waals surface area contributed by atoms with E-state index in [0.29, 0.717) is 0 Å². The van der Waals surface area contributed by atoms with Crippen LogP contribution in [0.5, 0.6) is 0 Å². The number of hydrogen-bond acceptors (Lipinski definition) is 3. The lowest BCUT2D eigenvalue weighted by atomic mass is 10.1. The van der Waals surface area contributed by atoms with E-state index < -0.39 is 0 Å². The van der Waals surface area contributed by atoms with Crippen molar-refractivity contribution in [3.8, 4) is 0 Å². The molecule has 2 fully saturated rings. The van der Waals surface area contributed by atoms with Gasteiger partial charge in [-0.2, -0.15) is 0 Å². The molecule has 3 nitrogen and oxygen atoms in total. The van der Waals surface area contributed by atoms with Crippen molar-refractivity contribution >= 4 is 24.8 Å². The van der Waals surface area contributed by atoms with E-state index in [0.717, 1.165) is 18.5 Å². The Balaban J connectivity index is 0.00000110. The summed E-state index contributed by atoms with van der Waals surface area (Å²) in [7, 11) is 2.21. The number of piperazine rings is 1. The zero-order chi connectivity index (χ0) is 13.1. The number of rotatable bonds is 5. The van der Waals surface area contributed by atoms with E-state index in [1.54, 1.807) is 0 Å². The Morgan fingerprint density at radius 2 is 1.71 bits per heavy atom. The molecular formula is C16H27Cl2N3. The van der Waals surface area contributed by atoms with Gasteiger partial charge in [-0.25, -0.2) is 0 Å². The smallest absolute Gasteiger partial charge is 0.0143 e. The SMILES string of the molecule is CN1CCN(CCN[C@@H]2C[C@H]2c2ccccc2)CC1.Cl.Cl. The van der Waals surface area contributed by atoms with Crippen LogP contribution >= 0.6 is 24.8 Å². The van der Waals surface area contributed by atoms with Gasteiger partial charge in [-0.15, -0.1) is 24.8 Å². The minimum absolute atomic E-state index is 0. The maximum Gasteiger partial charge on any atom is 0.0143 e. The number of nitrogens with zero attached hydrogens (tertiary/aromatic N) is 2. The van der Waals surface area contributed by atoms with Crippen molar-refractivity contribution in [1.82, 2.24) is 15.1 Å². The third-order valence-corrected chi connectivity index (χ3v) is 4.45. The van der Waals surface area contributed by atoms with Crippen LogP contribution in [0.2, 0.25) is 0 Å². The molecule has 1 N–H and O–H groups in total. The normalized spacial score (nSPS) is 25.8. The Labute approximate surface area is 140 Å². The summed E-state index contributed by atoms with van der Waals surface area (Å²) in [5, 5.41) is 3.71. The zero-order valence-corrected chi connectivity index (χ0v) is 14.3. The Hall–Kier alpha value is -0.320. The van der Waals surface area contributed by atoms with Gasteiger partial charge < -0.3 is 10.2 Å². The number of likely N-dealkylation sites (N-methyl/N-ethyl adjacent to an activating group) is 1. The number of benzene rings is 1. The van der Waals surface area contributed by atoms with Gasteiger partial charge in [0.2, 0.25) is 0 Å². The topological polar surface area (TPSA) is 18.5 Å². The molecule has 2 aliphatic rings. The van der Waals surface area contributed by atoms with Crippen molar-refractivity contribution in [2.24, 2.45) is 0 Å². The third-order valence-electron chi connectivity index (χ3n) is 4.45. The van der Waals surface area contributed by atoms with E-state index in [9.17, 15) is 0 Å². The molecule has 0 radical (unpaired) electrons. The monoisotopic (exact) mass is 331 g/mol. The molecule has 21 heavy (non-hydrogen) atoms. The second-order valence-corrected chi connectivity index (χ2v) is 5.96. The van der Waals surface area contributed by atoms with Crippen molar-refractivity contribution in [1.29, 1.82) is 0 Å². The van der Waals surface area contributed by atoms with Crippen molar-refractivity contribution in [2.75, 3.05) is 46.3 Å². The van der Waals surface area contributed by atoms with Crippen LogP contribution in [0.4, 0.5) is 0 Å². The molecule has 5 heteroatoms. The summed E-state index contributed by atoms with van der Waals surface area (Å²) in [6.45, 7) is 7.23. The Kier molecular flexibility index (Phi) is 7.99. The fraction of sp³-hybridized carbons (Fsp3) is 0.625. The molecule has 0 bridgehead atoms. The first-order valence-electron chi connectivity index (χ1n) is 7.52. The molecule has 3 rings (SSSR count). The van der Waals surface area contributed by atoms with Gasteiger partial charge in [0.15, 0.2) is 0 Å². The number of hydrogen-bond donors (Lipinski definition) is 1. The van der Waals surface area contributed by atoms with Crippen LogP contribution in [0, 0.1) is 0 Å². The summed E-state index contributed by atoms with van der Waals surface area (Å²) >= 11 is 0. The van der Waals surface area contributed by atoms with Crippen LogP contribution in [0.25, 0.3) is 0 Å². The van der Waals surface area contributed by atoms with Crippen LogP contribution in [-0.4, -0.2) is 62.2 Å². The van der Waals surface area contributed by atoms with Crippen LogP contribution in [0.3, 0.4) is 0 Å². The van der Waals surface area contributed by atoms with Crippen LogP contribution in [-0.2, 0) is 0 Å². The molecule has 1 heterocycles. The highest BCUT2D eigenvalue weighted by Gasteiger charge is 2.37. The molecule has 1 aliphatic carbocycles. The van der Waals surface area contributed by atoms with Crippen molar-refractivity contribution in [2.45, 2.75) is 18.4 Å². The van der Waals surface area contributed by atoms with E-state index in [2.05, 4.69) is 52.5 Å². The predicted molar refractivity (Wildman–Crippen MR) is 94.0 cm³/mol. The van der Waals surface area contributed by atoms with Gasteiger partial charge in [0.05, 0.1) is 0 Å². The van der Waals surface area contributed by atoms with Crippen LogP contribution in [0.1, 0.15) is 17.9 Å². The fourth-order valence-corrected chi connectivity index (χ4v) is 2.97. The van der Waals surface area contributed by atoms with Crippen molar-refractivity contribution < 1.29 is 0 Å². The largest absolute Gasteiger partial charge is 0.312 e. The lowest BCUT2D eigenvalue weighted by Gasteiger charge is -2.32. The van der Waals surface area contributed by atoms with Gasteiger partial charge in [-0.05, 0) is 19.0 Å². The van der Waals surface area contributed by atoms with Crippen LogP contribution < -0.4 is 5.32 Å². The van der Waals surface area contributed by atoms with Gasteiger partial charge >= 0.3 is 0 Å². The highest BCUT2D eigenvalue weighted by atomic mass is 35.5. The van der Waals surface area contributed by atoms with Gasteiger partial charge in [-0.1, -0.05) is 30.3 Å². The Morgan fingerprint density at radius 3 is 2.38 bits per heavy atom. The molecule has 0 aromatic heterocycles. The Bertz CT molecular complexity index is 394. The average Bonchev–Trinajstić information content (AvgIpc) is 3.22. The molecule has 120 valence electrons. The molecule has 1 aliphatic heterocycles. The van der Waals surface area contributed by atoms with Crippen molar-refractivity contribution in [3.05, 3.63) is 35.9 Å². The van der Waals surface area contributed by atoms with Gasteiger partial charge in [0.25, 0.3) is 0 Å². The van der Waals surface area contributed by atoms with E-state index in [-0.39, 0.29) is 24.8 Å². The second-order valence-electron chi connectivity index (χ2n) is 5.96. The minimum Gasteiger partial charge on any atom is -0.312 e. The molecule has 0 spiro atoms. The summed E-state index contributed by atoms with van der Waals surface area (Å²) in [6, 6.07) is 11.6. The van der Waals surface area contributed by atoms with Gasteiger partial charge in [0, 0.05) is 51.2 Å². The molecule has 2 atom stereocenters. The van der Waals surface area contributed by atoms with Gasteiger partial charge in [-0.3, -0.25) is 4.90 Å². The summed E-state index contributed by atoms with van der Waals surface area (Å²) < 4.78 is 0. The van der Waals surface area contributed by atoms with E-state index >= 15 is 0 Å². The quantitative estimate of drug-likeness (QED) is 0.892. The predicted octanol–water partition coefficient (Wildman–Crippen LogP) is 2.22. The van der Waals surface area contributed by atoms with Crippen molar-refractivity contribution in [3.63, 3.8) is 0 Å². The third kappa shape index (κ3) is 5.42. The highest BCUT2D eigenvalue weighted by Crippen LogP contribution is 2.40. The first-order chi connectivity index (χ1) is 9.33. The van der Waals surface area contributed by atoms with E-state index in [1.807, 2.05) is 0 Å². The molecule has 1 aromatic rings. The number of halogens is 2. The molecule has 1 saturated carbocycles. The molecule has 0 amide bonds. The fourth-order valence-electron chi connectivity index (χ4n) is 2.97. The molecule has 1 aromatic carbocycles. The first kappa shape index (κ1) is 18.7. The first-order valence-corrected chi connectivity index (χ1v) is 7.52. The summed E-state index contributed by atoms with van der Waals surface area (Å²) in [6.07, 6.45) is 1.31. The molecule has 1 saturated heterocycles. The zero-order valence-electron chi connectivity index (χ0n) is 12.7. The molecular weight excluding hydrogens is 305 g/mol. The maximum atomic E-state index is 3.71. The van der Waals surface area contributed by atoms with Crippen LogP contribution in [0.15, 0.2) is 30.3 Å². The Morgan fingerprint density at radius 1 is 1.05 bits per heavy atom. The minimum atomic E-state index is 0. The van der Waals surface area contributed by atoms with Gasteiger partial charge in [0.1, 0.15) is 0 Å². The average molecular weight is 332 g/mol. The highest BCUT2D eigenvalue weighted by molar-refractivity contribution is 5.85. The summed E-state index contributed by atoms with van der Waals surface area (Å²) in [4.78, 5) is 4.99. The standard InChI is InChI=1S/C16H25N3.2ClH/c1-18-9-11-19(12-10-18)8-7-17-16-13-15(16)14-5-3-2-4-6-14;;/h2-6,15-17H,7-13H2,1H3;2*1H/t15-,16+;;/m0../s1. The summed E-state index contributed by atoms with van der Waals surface area (Å²) in [5.74, 6) is 0.758. The maximum absolute atomic E-state index is 3.71.